The third kappa shape index (κ3) is 2.41. The van der Waals surface area contributed by atoms with E-state index in [2.05, 4.69) is 0 Å². The number of methoxy groups -OCH3 is 1. The minimum atomic E-state index is -1.07. The molecule has 130 valence electrons. The molecule has 3 aliphatic rings. The molecule has 24 heavy (non-hydrogen) atoms. The van der Waals surface area contributed by atoms with Gasteiger partial charge in [0.2, 0.25) is 0 Å². The number of aliphatic hydroxyl groups excluding tert-OH is 1. The van der Waals surface area contributed by atoms with Gasteiger partial charge in [0, 0.05) is 17.5 Å². The van der Waals surface area contributed by atoms with Gasteiger partial charge in [0.1, 0.15) is 23.8 Å². The second-order valence-electron chi connectivity index (χ2n) is 6.19. The number of rotatable bonds is 2. The van der Waals surface area contributed by atoms with Gasteiger partial charge in [0.15, 0.2) is 6.29 Å². The second kappa shape index (κ2) is 5.73. The molecule has 0 aromatic heterocycles. The van der Waals surface area contributed by atoms with E-state index < -0.39 is 60.1 Å². The fourth-order valence-corrected chi connectivity index (χ4v) is 3.56. The van der Waals surface area contributed by atoms with Gasteiger partial charge in [0.25, 0.3) is 0 Å². The van der Waals surface area contributed by atoms with Crippen LogP contribution in [0.3, 0.4) is 0 Å². The van der Waals surface area contributed by atoms with Crippen LogP contribution in [0.5, 0.6) is 0 Å². The maximum atomic E-state index is 13.9. The lowest BCUT2D eigenvalue weighted by Gasteiger charge is -2.41. The molecular weight excluding hydrogens is 326 g/mol. The Labute approximate surface area is 136 Å². The van der Waals surface area contributed by atoms with Crippen molar-refractivity contribution in [3.8, 4) is 0 Å². The standard InChI is InChI=1S/C16H16F2O6/c1-21-15(20)11-10-12(19)13-9(23-14(10)11)5-22-16(24-13)7-3-2-6(17)4-8(7)18/h2-4,9-14,16,19H,5H2,1H3/t9-,10?,11?,12-,13-,14+,16?/m1/s1. The third-order valence-corrected chi connectivity index (χ3v) is 4.82. The van der Waals surface area contributed by atoms with Crippen molar-refractivity contribution in [2.45, 2.75) is 30.7 Å². The topological polar surface area (TPSA) is 74.2 Å². The van der Waals surface area contributed by atoms with E-state index in [1.807, 2.05) is 0 Å². The number of ether oxygens (including phenoxy) is 4. The molecule has 2 saturated heterocycles. The van der Waals surface area contributed by atoms with Crippen LogP contribution in [-0.4, -0.2) is 49.2 Å². The summed E-state index contributed by atoms with van der Waals surface area (Å²) in [6.07, 6.45) is -3.76. The van der Waals surface area contributed by atoms with Crippen LogP contribution in [0.25, 0.3) is 0 Å². The Bertz CT molecular complexity index is 668. The number of hydrogen-bond donors (Lipinski definition) is 1. The average molecular weight is 342 g/mol. The van der Waals surface area contributed by atoms with E-state index in [4.69, 9.17) is 18.9 Å². The molecule has 1 aromatic rings. The first-order valence-electron chi connectivity index (χ1n) is 7.64. The third-order valence-electron chi connectivity index (χ3n) is 4.82. The second-order valence-corrected chi connectivity index (χ2v) is 6.19. The van der Waals surface area contributed by atoms with Crippen LogP contribution in [0.4, 0.5) is 8.78 Å². The van der Waals surface area contributed by atoms with Crippen LogP contribution in [0.2, 0.25) is 0 Å². The number of carbonyl (C=O) groups is 1. The first-order chi connectivity index (χ1) is 11.5. The number of carbonyl (C=O) groups excluding carboxylic acids is 1. The molecule has 8 heteroatoms. The summed E-state index contributed by atoms with van der Waals surface area (Å²) in [4.78, 5) is 11.7. The quantitative estimate of drug-likeness (QED) is 0.806. The molecule has 6 nitrogen and oxygen atoms in total. The largest absolute Gasteiger partial charge is 0.469 e. The highest BCUT2D eigenvalue weighted by atomic mass is 19.1. The van der Waals surface area contributed by atoms with E-state index in [1.54, 1.807) is 0 Å². The molecule has 2 heterocycles. The zero-order chi connectivity index (χ0) is 17.0. The number of halogens is 2. The molecule has 2 aliphatic heterocycles. The molecule has 1 saturated carbocycles. The first kappa shape index (κ1) is 15.9. The fraction of sp³-hybridized carbons (Fsp3) is 0.562. The Morgan fingerprint density at radius 2 is 2.08 bits per heavy atom. The van der Waals surface area contributed by atoms with Crippen molar-refractivity contribution in [2.75, 3.05) is 13.7 Å². The minimum absolute atomic E-state index is 0.0458. The van der Waals surface area contributed by atoms with E-state index in [-0.39, 0.29) is 12.2 Å². The van der Waals surface area contributed by atoms with Crippen LogP contribution >= 0.6 is 0 Å². The van der Waals surface area contributed by atoms with E-state index in [0.29, 0.717) is 0 Å². The number of hydrogen-bond acceptors (Lipinski definition) is 6. The van der Waals surface area contributed by atoms with Crippen molar-refractivity contribution >= 4 is 5.97 Å². The highest BCUT2D eigenvalue weighted by molar-refractivity contribution is 5.77. The van der Waals surface area contributed by atoms with Crippen molar-refractivity contribution in [2.24, 2.45) is 11.8 Å². The first-order valence-corrected chi connectivity index (χ1v) is 7.64. The lowest BCUT2D eigenvalue weighted by Crippen LogP contribution is -2.53. The summed E-state index contributed by atoms with van der Waals surface area (Å²) in [5, 5.41) is 10.5. The van der Waals surface area contributed by atoms with Gasteiger partial charge in [-0.1, -0.05) is 0 Å². The summed E-state index contributed by atoms with van der Waals surface area (Å²) in [5.74, 6) is -2.87. The lowest BCUT2D eigenvalue weighted by molar-refractivity contribution is -0.301. The predicted molar refractivity (Wildman–Crippen MR) is 73.6 cm³/mol. The van der Waals surface area contributed by atoms with Gasteiger partial charge in [-0.2, -0.15) is 0 Å². The molecule has 3 unspecified atom stereocenters. The summed E-state index contributed by atoms with van der Waals surface area (Å²) in [7, 11) is 1.28. The van der Waals surface area contributed by atoms with Crippen molar-refractivity contribution in [1.29, 1.82) is 0 Å². The van der Waals surface area contributed by atoms with Crippen LogP contribution in [0.15, 0.2) is 18.2 Å². The van der Waals surface area contributed by atoms with Crippen LogP contribution in [0.1, 0.15) is 11.9 Å². The number of fused-ring (bicyclic) bond motifs is 2. The van der Waals surface area contributed by atoms with E-state index in [0.717, 1.165) is 12.1 Å². The summed E-state index contributed by atoms with van der Waals surface area (Å²) in [5.41, 5.74) is 0.0458. The van der Waals surface area contributed by atoms with Gasteiger partial charge < -0.3 is 24.1 Å². The monoisotopic (exact) mass is 342 g/mol. The van der Waals surface area contributed by atoms with E-state index in [1.165, 1.54) is 13.2 Å². The highest BCUT2D eigenvalue weighted by Crippen LogP contribution is 2.52. The normalized spacial score (nSPS) is 40.4. The van der Waals surface area contributed by atoms with Gasteiger partial charge in [-0.05, 0) is 12.1 Å². The van der Waals surface area contributed by atoms with Gasteiger partial charge >= 0.3 is 5.97 Å². The molecule has 3 fully saturated rings. The van der Waals surface area contributed by atoms with Gasteiger partial charge in [-0.15, -0.1) is 0 Å². The molecule has 1 aliphatic carbocycles. The van der Waals surface area contributed by atoms with Crippen molar-refractivity contribution < 1.29 is 37.6 Å². The number of esters is 1. The minimum Gasteiger partial charge on any atom is -0.469 e. The Balaban J connectivity index is 1.52. The van der Waals surface area contributed by atoms with Gasteiger partial charge in [0.05, 0.1) is 31.8 Å². The molecule has 0 amide bonds. The van der Waals surface area contributed by atoms with Crippen LogP contribution < -0.4 is 0 Å². The van der Waals surface area contributed by atoms with E-state index in [9.17, 15) is 18.7 Å². The SMILES string of the molecule is COC(=O)C1C2[C@@H]1O[C@@H]1COC(c3ccc(F)cc3F)O[C@H]1[C@@H]2O. The Morgan fingerprint density at radius 3 is 2.79 bits per heavy atom. The maximum absolute atomic E-state index is 13.9. The smallest absolute Gasteiger partial charge is 0.311 e. The number of aliphatic hydroxyl groups is 1. The highest BCUT2D eigenvalue weighted by Gasteiger charge is 2.67. The summed E-state index contributed by atoms with van der Waals surface area (Å²) >= 11 is 0. The predicted octanol–water partition coefficient (Wildman–Crippen LogP) is 0.926. The van der Waals surface area contributed by atoms with Gasteiger partial charge in [-0.25, -0.2) is 8.78 Å². The van der Waals surface area contributed by atoms with E-state index >= 15 is 0 Å². The molecule has 0 spiro atoms. The van der Waals surface area contributed by atoms with Crippen molar-refractivity contribution in [1.82, 2.24) is 0 Å². The lowest BCUT2D eigenvalue weighted by atomic mass is 9.99. The Morgan fingerprint density at radius 1 is 1.29 bits per heavy atom. The molecule has 4 rings (SSSR count). The maximum Gasteiger partial charge on any atom is 0.311 e. The molecule has 1 N–H and O–H groups in total. The molecule has 7 atom stereocenters. The van der Waals surface area contributed by atoms with Crippen molar-refractivity contribution in [3.63, 3.8) is 0 Å². The molecule has 1 aromatic carbocycles. The van der Waals surface area contributed by atoms with Crippen molar-refractivity contribution in [3.05, 3.63) is 35.4 Å². The Kier molecular flexibility index (Phi) is 3.80. The molecular formula is C16H16F2O6. The van der Waals surface area contributed by atoms with Crippen LogP contribution in [0, 0.1) is 23.5 Å². The molecule has 0 bridgehead atoms. The van der Waals surface area contributed by atoms with Gasteiger partial charge in [-0.3, -0.25) is 4.79 Å². The Hall–Kier alpha value is -1.61. The average Bonchev–Trinajstić information content (AvgIpc) is 3.29. The zero-order valence-corrected chi connectivity index (χ0v) is 12.7. The van der Waals surface area contributed by atoms with Crippen LogP contribution in [-0.2, 0) is 23.7 Å². The summed E-state index contributed by atoms with van der Waals surface area (Å²) in [6.45, 7) is 0.0698. The summed E-state index contributed by atoms with van der Waals surface area (Å²) in [6, 6.07) is 3.09. The fourth-order valence-electron chi connectivity index (χ4n) is 3.56. The zero-order valence-electron chi connectivity index (χ0n) is 12.7. The molecule has 0 radical (unpaired) electrons. The number of benzene rings is 1. The summed E-state index contributed by atoms with van der Waals surface area (Å²) < 4.78 is 48.5.